The number of benzene rings is 1. The summed E-state index contributed by atoms with van der Waals surface area (Å²) < 4.78 is 10.6. The van der Waals surface area contributed by atoms with Crippen molar-refractivity contribution >= 4 is 28.7 Å². The summed E-state index contributed by atoms with van der Waals surface area (Å²) in [6.07, 6.45) is 3.10. The van der Waals surface area contributed by atoms with Crippen LogP contribution < -0.4 is 15.4 Å². The average Bonchev–Trinajstić information content (AvgIpc) is 3.31. The number of methoxy groups -OCH3 is 1. The number of nitrogens with one attached hydrogen (secondary N) is 2. The Morgan fingerprint density at radius 1 is 1.41 bits per heavy atom. The number of carbonyl (C=O) groups excluding carboxylic acids is 2. The number of hydrogen-bond donors (Lipinski definition) is 2. The first-order valence-electron chi connectivity index (χ1n) is 9.17. The van der Waals surface area contributed by atoms with Gasteiger partial charge in [0.2, 0.25) is 11.8 Å². The van der Waals surface area contributed by atoms with Gasteiger partial charge >= 0.3 is 0 Å². The molecule has 27 heavy (non-hydrogen) atoms. The molecule has 0 bridgehead atoms. The zero-order chi connectivity index (χ0) is 19.1. The molecule has 2 heterocycles. The maximum Gasteiger partial charge on any atom is 0.240 e. The molecule has 2 saturated heterocycles. The van der Waals surface area contributed by atoms with Crippen molar-refractivity contribution in [2.75, 3.05) is 26.8 Å². The molecule has 2 aliphatic heterocycles. The Morgan fingerprint density at radius 3 is 2.93 bits per heavy atom. The lowest BCUT2D eigenvalue weighted by atomic mass is 10.1. The molecule has 3 rings (SSSR count). The van der Waals surface area contributed by atoms with Gasteiger partial charge < -0.3 is 20.1 Å². The first-order chi connectivity index (χ1) is 13.1. The van der Waals surface area contributed by atoms with Crippen LogP contribution in [-0.2, 0) is 20.7 Å². The number of thioether (sulfide) groups is 1. The molecule has 2 amide bonds. The molecule has 8 heteroatoms. The molecule has 0 saturated carbocycles. The summed E-state index contributed by atoms with van der Waals surface area (Å²) in [4.78, 5) is 28.6. The van der Waals surface area contributed by atoms with Gasteiger partial charge in [-0.05, 0) is 37.0 Å². The summed E-state index contributed by atoms with van der Waals surface area (Å²) in [5.41, 5.74) is 1.12. The van der Waals surface area contributed by atoms with Crippen molar-refractivity contribution in [2.45, 2.75) is 37.0 Å². The van der Waals surface area contributed by atoms with Crippen molar-refractivity contribution in [3.8, 4) is 5.75 Å². The molecular weight excluding hydrogens is 366 g/mol. The Hall–Kier alpha value is -2.06. The third-order valence-corrected chi connectivity index (χ3v) is 5.62. The van der Waals surface area contributed by atoms with Crippen LogP contribution in [0.3, 0.4) is 0 Å². The van der Waals surface area contributed by atoms with Crippen LogP contribution in [0.1, 0.15) is 24.8 Å². The highest BCUT2D eigenvalue weighted by Gasteiger charge is 2.32. The molecule has 2 aliphatic rings. The number of nitrogens with zero attached hydrogens (tertiary/aromatic N) is 1. The molecule has 0 spiro atoms. The van der Waals surface area contributed by atoms with Crippen LogP contribution in [0.4, 0.5) is 0 Å². The van der Waals surface area contributed by atoms with Crippen molar-refractivity contribution in [3.05, 3.63) is 29.8 Å². The largest absolute Gasteiger partial charge is 0.497 e. The topological polar surface area (TPSA) is 89.0 Å². The summed E-state index contributed by atoms with van der Waals surface area (Å²) in [6, 6.07) is 7.74. The molecular formula is C19H25N3O4S. The zero-order valence-corrected chi connectivity index (χ0v) is 16.2. The van der Waals surface area contributed by atoms with Crippen molar-refractivity contribution in [3.63, 3.8) is 0 Å². The summed E-state index contributed by atoms with van der Waals surface area (Å²) >= 11 is 1.32. The van der Waals surface area contributed by atoms with Crippen LogP contribution in [0, 0.1) is 0 Å². The normalized spacial score (nSPS) is 23.4. The SMILES string of the molecule is COc1ccc(CCNC(=O)C[C@H]2SC(=NC[C@@H]3CCCO3)NC2=O)cc1. The van der Waals surface area contributed by atoms with Crippen LogP contribution in [0.2, 0.25) is 0 Å². The number of carbonyl (C=O) groups is 2. The van der Waals surface area contributed by atoms with Gasteiger partial charge in [-0.1, -0.05) is 23.9 Å². The Bertz CT molecular complexity index is 687. The van der Waals surface area contributed by atoms with E-state index in [-0.39, 0.29) is 24.3 Å². The van der Waals surface area contributed by atoms with Gasteiger partial charge in [0, 0.05) is 19.6 Å². The molecule has 0 radical (unpaired) electrons. The van der Waals surface area contributed by atoms with Crippen LogP contribution in [-0.4, -0.2) is 55.1 Å². The average molecular weight is 391 g/mol. The smallest absolute Gasteiger partial charge is 0.240 e. The number of hydrogen-bond acceptors (Lipinski definition) is 6. The number of rotatable bonds is 8. The lowest BCUT2D eigenvalue weighted by Crippen LogP contribution is -2.32. The fraction of sp³-hybridized carbons (Fsp3) is 0.526. The quantitative estimate of drug-likeness (QED) is 0.701. The molecule has 0 unspecified atom stereocenters. The maximum atomic E-state index is 12.1. The summed E-state index contributed by atoms with van der Waals surface area (Å²) in [5.74, 6) is 0.525. The molecule has 7 nitrogen and oxygen atoms in total. The van der Waals surface area contributed by atoms with Gasteiger partial charge in [0.15, 0.2) is 5.17 Å². The van der Waals surface area contributed by atoms with Crippen molar-refractivity contribution in [1.82, 2.24) is 10.6 Å². The number of amides is 2. The predicted molar refractivity (Wildman–Crippen MR) is 105 cm³/mol. The maximum absolute atomic E-state index is 12.1. The van der Waals surface area contributed by atoms with Gasteiger partial charge in [0.05, 0.1) is 19.8 Å². The first kappa shape index (κ1) is 19.7. The molecule has 2 atom stereocenters. The second-order valence-corrected chi connectivity index (χ2v) is 7.72. The van der Waals surface area contributed by atoms with Gasteiger partial charge in [-0.3, -0.25) is 14.6 Å². The summed E-state index contributed by atoms with van der Waals surface area (Å²) in [6.45, 7) is 1.88. The van der Waals surface area contributed by atoms with E-state index >= 15 is 0 Å². The van der Waals surface area contributed by atoms with E-state index in [9.17, 15) is 9.59 Å². The zero-order valence-electron chi connectivity index (χ0n) is 15.4. The monoisotopic (exact) mass is 391 g/mol. The van der Waals surface area contributed by atoms with Crippen LogP contribution in [0.5, 0.6) is 5.75 Å². The minimum atomic E-state index is -0.422. The highest BCUT2D eigenvalue weighted by atomic mass is 32.2. The van der Waals surface area contributed by atoms with Gasteiger partial charge in [0.25, 0.3) is 0 Å². The summed E-state index contributed by atoms with van der Waals surface area (Å²) in [5, 5.41) is 5.80. The second-order valence-electron chi connectivity index (χ2n) is 6.53. The van der Waals surface area contributed by atoms with E-state index in [0.717, 1.165) is 37.2 Å². The Balaban J connectivity index is 1.38. The first-order valence-corrected chi connectivity index (χ1v) is 10.0. The predicted octanol–water partition coefficient (Wildman–Crippen LogP) is 1.51. The van der Waals surface area contributed by atoms with Crippen molar-refractivity contribution < 1.29 is 19.1 Å². The van der Waals surface area contributed by atoms with Crippen molar-refractivity contribution in [2.24, 2.45) is 4.99 Å². The number of ether oxygens (including phenoxy) is 2. The van der Waals surface area contributed by atoms with E-state index in [1.165, 1.54) is 11.8 Å². The highest BCUT2D eigenvalue weighted by Crippen LogP contribution is 2.23. The number of aliphatic imine (C=N–C) groups is 1. The number of amidine groups is 1. The molecule has 146 valence electrons. The van der Waals surface area contributed by atoms with Crippen LogP contribution in [0.25, 0.3) is 0 Å². The van der Waals surface area contributed by atoms with E-state index in [4.69, 9.17) is 9.47 Å². The minimum Gasteiger partial charge on any atom is -0.497 e. The third-order valence-electron chi connectivity index (χ3n) is 4.50. The van der Waals surface area contributed by atoms with Crippen LogP contribution in [0.15, 0.2) is 29.3 Å². The van der Waals surface area contributed by atoms with E-state index in [1.807, 2.05) is 24.3 Å². The van der Waals surface area contributed by atoms with E-state index in [1.54, 1.807) is 7.11 Å². The molecule has 1 aromatic carbocycles. The fourth-order valence-electron chi connectivity index (χ4n) is 2.97. The lowest BCUT2D eigenvalue weighted by molar-refractivity contribution is -0.125. The molecule has 2 fully saturated rings. The highest BCUT2D eigenvalue weighted by molar-refractivity contribution is 8.15. The van der Waals surface area contributed by atoms with Gasteiger partial charge in [0.1, 0.15) is 11.0 Å². The molecule has 1 aromatic rings. The molecule has 0 aliphatic carbocycles. The van der Waals surface area contributed by atoms with E-state index in [0.29, 0.717) is 18.3 Å². The van der Waals surface area contributed by atoms with Gasteiger partial charge in [-0.2, -0.15) is 0 Å². The van der Waals surface area contributed by atoms with Gasteiger partial charge in [-0.25, -0.2) is 0 Å². The Labute approximate surface area is 163 Å². The molecule has 2 N–H and O–H groups in total. The standard InChI is InChI=1S/C19H25N3O4S/c1-25-14-6-4-13(5-7-14)8-9-20-17(23)11-16-18(24)22-19(27-16)21-12-15-3-2-10-26-15/h4-7,15-16H,2-3,8-12H2,1H3,(H,20,23)(H,21,22,24)/t15-,16+/m0/s1. The van der Waals surface area contributed by atoms with Gasteiger partial charge in [-0.15, -0.1) is 0 Å². The van der Waals surface area contributed by atoms with Crippen molar-refractivity contribution in [1.29, 1.82) is 0 Å². The lowest BCUT2D eigenvalue weighted by Gasteiger charge is -2.08. The fourth-order valence-corrected chi connectivity index (χ4v) is 3.95. The minimum absolute atomic E-state index is 0.128. The Kier molecular flexibility index (Phi) is 7.11. The van der Waals surface area contributed by atoms with E-state index in [2.05, 4.69) is 15.6 Å². The summed E-state index contributed by atoms with van der Waals surface area (Å²) in [7, 11) is 1.63. The third kappa shape index (κ3) is 5.97. The molecule has 0 aromatic heterocycles. The Morgan fingerprint density at radius 2 is 2.22 bits per heavy atom. The van der Waals surface area contributed by atoms with E-state index < -0.39 is 5.25 Å². The van der Waals surface area contributed by atoms with Crippen LogP contribution >= 0.6 is 11.8 Å². The second kappa shape index (κ2) is 9.75.